The Hall–Kier alpha value is -0.960. The Kier molecular flexibility index (Phi) is 2.50. The van der Waals surface area contributed by atoms with Crippen LogP contribution in [-0.4, -0.2) is 42.7 Å². The zero-order valence-electron chi connectivity index (χ0n) is 7.20. The van der Waals surface area contributed by atoms with Gasteiger partial charge in [-0.25, -0.2) is 5.90 Å². The molecular formula is C6H10N2O6. The van der Waals surface area contributed by atoms with Gasteiger partial charge in [-0.05, 0) is 0 Å². The van der Waals surface area contributed by atoms with Gasteiger partial charge in [-0.1, -0.05) is 0 Å². The lowest BCUT2D eigenvalue weighted by molar-refractivity contribution is -0.769. The van der Waals surface area contributed by atoms with Crippen LogP contribution in [0.15, 0.2) is 0 Å². The van der Waals surface area contributed by atoms with E-state index < -0.39 is 17.3 Å². The molecule has 0 aromatic carbocycles. The minimum atomic E-state index is -0.851. The van der Waals surface area contributed by atoms with Gasteiger partial charge in [0.2, 0.25) is 0 Å². The van der Waals surface area contributed by atoms with Crippen LogP contribution in [0.25, 0.3) is 0 Å². The summed E-state index contributed by atoms with van der Waals surface area (Å²) in [7, 11) is 0. The van der Waals surface area contributed by atoms with Crippen LogP contribution in [0.3, 0.4) is 0 Å². The highest BCUT2D eigenvalue weighted by molar-refractivity contribution is 4.95. The summed E-state index contributed by atoms with van der Waals surface area (Å²) in [6.45, 7) is 0.388. The van der Waals surface area contributed by atoms with Crippen molar-refractivity contribution < 1.29 is 24.2 Å². The standard InChI is InChI=1S/C6H10N2O6/c7-13-3-1-11-6-4(14-8(9)10)2-12-5(3)6/h3-6H,1-2,7H2/t3-,4+,5+,6+/m0/s1. The van der Waals surface area contributed by atoms with E-state index in [1.54, 1.807) is 0 Å². The molecule has 14 heavy (non-hydrogen) atoms. The lowest BCUT2D eigenvalue weighted by atomic mass is 10.1. The van der Waals surface area contributed by atoms with Crippen molar-refractivity contribution in [3.63, 3.8) is 0 Å². The first-order valence-electron chi connectivity index (χ1n) is 4.12. The lowest BCUT2D eigenvalue weighted by Crippen LogP contribution is -2.35. The second-order valence-corrected chi connectivity index (χ2v) is 3.14. The molecule has 2 aliphatic heterocycles. The molecule has 0 radical (unpaired) electrons. The quantitative estimate of drug-likeness (QED) is 0.448. The predicted molar refractivity (Wildman–Crippen MR) is 40.4 cm³/mol. The van der Waals surface area contributed by atoms with Gasteiger partial charge in [-0.3, -0.25) is 4.84 Å². The predicted octanol–water partition coefficient (Wildman–Crippen LogP) is -1.38. The Morgan fingerprint density at radius 3 is 2.43 bits per heavy atom. The van der Waals surface area contributed by atoms with Crippen molar-refractivity contribution in [1.82, 2.24) is 0 Å². The second kappa shape index (κ2) is 3.65. The Morgan fingerprint density at radius 1 is 1.29 bits per heavy atom. The molecule has 0 aliphatic carbocycles. The maximum absolute atomic E-state index is 10.1. The van der Waals surface area contributed by atoms with Crippen LogP contribution >= 0.6 is 0 Å². The zero-order chi connectivity index (χ0) is 10.1. The summed E-state index contributed by atoms with van der Waals surface area (Å²) in [5.74, 6) is 5.00. The molecule has 2 saturated heterocycles. The zero-order valence-corrected chi connectivity index (χ0v) is 7.20. The first kappa shape index (κ1) is 9.59. The highest BCUT2D eigenvalue weighted by Crippen LogP contribution is 2.29. The van der Waals surface area contributed by atoms with Gasteiger partial charge >= 0.3 is 0 Å². The van der Waals surface area contributed by atoms with Crippen molar-refractivity contribution in [1.29, 1.82) is 0 Å². The average Bonchev–Trinajstić information content (AvgIpc) is 2.67. The van der Waals surface area contributed by atoms with Crippen LogP contribution in [0.1, 0.15) is 0 Å². The van der Waals surface area contributed by atoms with E-state index in [0.717, 1.165) is 0 Å². The normalized spacial score (nSPS) is 40.9. The summed E-state index contributed by atoms with van der Waals surface area (Å²) in [6.07, 6.45) is -1.89. The molecule has 0 aromatic heterocycles. The molecule has 2 rings (SSSR count). The van der Waals surface area contributed by atoms with Crippen LogP contribution < -0.4 is 5.90 Å². The Labute approximate surface area is 78.9 Å². The molecule has 2 N–H and O–H groups in total. The van der Waals surface area contributed by atoms with Crippen LogP contribution in [0, 0.1) is 10.1 Å². The molecule has 2 aliphatic rings. The van der Waals surface area contributed by atoms with Gasteiger partial charge in [0.05, 0.1) is 13.2 Å². The van der Waals surface area contributed by atoms with Gasteiger partial charge in [0.15, 0.2) is 6.10 Å². The van der Waals surface area contributed by atoms with Gasteiger partial charge in [0.1, 0.15) is 18.3 Å². The molecule has 8 nitrogen and oxygen atoms in total. The highest BCUT2D eigenvalue weighted by Gasteiger charge is 2.50. The topological polar surface area (TPSA) is 106 Å². The van der Waals surface area contributed by atoms with E-state index in [1.807, 2.05) is 0 Å². The molecular weight excluding hydrogens is 196 g/mol. The number of hydrogen-bond donors (Lipinski definition) is 1. The summed E-state index contributed by atoms with van der Waals surface area (Å²) < 4.78 is 10.5. The number of rotatable bonds is 3. The Balaban J connectivity index is 1.97. The minimum Gasteiger partial charge on any atom is -0.370 e. The lowest BCUT2D eigenvalue weighted by Gasteiger charge is -2.13. The molecule has 2 fully saturated rings. The largest absolute Gasteiger partial charge is 0.370 e. The number of ether oxygens (including phenoxy) is 2. The summed E-state index contributed by atoms with van der Waals surface area (Å²) in [6, 6.07) is 0. The van der Waals surface area contributed by atoms with Gasteiger partial charge in [-0.15, -0.1) is 10.1 Å². The van der Waals surface area contributed by atoms with Crippen molar-refractivity contribution in [2.24, 2.45) is 5.90 Å². The fraction of sp³-hybridized carbons (Fsp3) is 1.00. The van der Waals surface area contributed by atoms with Crippen LogP contribution in [0.5, 0.6) is 0 Å². The highest BCUT2D eigenvalue weighted by atomic mass is 17.0. The second-order valence-electron chi connectivity index (χ2n) is 3.14. The molecule has 0 bridgehead atoms. The molecule has 8 heteroatoms. The van der Waals surface area contributed by atoms with Crippen molar-refractivity contribution in [3.05, 3.63) is 10.1 Å². The smallest absolute Gasteiger partial charge is 0.294 e. The van der Waals surface area contributed by atoms with E-state index in [1.165, 1.54) is 0 Å². The molecule has 0 unspecified atom stereocenters. The van der Waals surface area contributed by atoms with Crippen LogP contribution in [0.2, 0.25) is 0 Å². The molecule has 0 aromatic rings. The third-order valence-corrected chi connectivity index (χ3v) is 2.36. The maximum Gasteiger partial charge on any atom is 0.294 e. The average molecular weight is 206 g/mol. The van der Waals surface area contributed by atoms with E-state index >= 15 is 0 Å². The van der Waals surface area contributed by atoms with Gasteiger partial charge in [-0.2, -0.15) is 0 Å². The number of nitrogens with two attached hydrogens (primary N) is 1. The van der Waals surface area contributed by atoms with E-state index in [4.69, 9.17) is 15.4 Å². The summed E-state index contributed by atoms with van der Waals surface area (Å²) >= 11 is 0. The van der Waals surface area contributed by atoms with E-state index in [-0.39, 0.29) is 25.4 Å². The first-order chi connectivity index (χ1) is 6.72. The van der Waals surface area contributed by atoms with E-state index in [2.05, 4.69) is 9.68 Å². The maximum atomic E-state index is 10.1. The summed E-state index contributed by atoms with van der Waals surface area (Å²) in [5.41, 5.74) is 0. The van der Waals surface area contributed by atoms with E-state index in [0.29, 0.717) is 0 Å². The van der Waals surface area contributed by atoms with Crippen molar-refractivity contribution >= 4 is 0 Å². The fourth-order valence-corrected chi connectivity index (χ4v) is 1.75. The number of hydrogen-bond acceptors (Lipinski definition) is 7. The SMILES string of the molecule is NO[C@H]1CO[C@H]2[C@@H]1OC[C@H]2O[N+](=O)[O-]. The fourth-order valence-electron chi connectivity index (χ4n) is 1.75. The van der Waals surface area contributed by atoms with Crippen molar-refractivity contribution in [2.45, 2.75) is 24.4 Å². The number of fused-ring (bicyclic) bond motifs is 1. The van der Waals surface area contributed by atoms with Crippen LogP contribution in [0.4, 0.5) is 0 Å². The molecule has 80 valence electrons. The Morgan fingerprint density at radius 2 is 1.86 bits per heavy atom. The summed E-state index contributed by atoms with van der Waals surface area (Å²) in [4.78, 5) is 19.1. The molecule has 2 heterocycles. The van der Waals surface area contributed by atoms with E-state index in [9.17, 15) is 10.1 Å². The minimum absolute atomic E-state index is 0.121. The first-order valence-corrected chi connectivity index (χ1v) is 4.12. The number of nitrogens with zero attached hydrogens (tertiary/aromatic N) is 1. The van der Waals surface area contributed by atoms with Crippen molar-refractivity contribution in [3.8, 4) is 0 Å². The Bertz CT molecular complexity index is 236. The van der Waals surface area contributed by atoms with Crippen LogP contribution in [-0.2, 0) is 19.1 Å². The molecule has 0 amide bonds. The van der Waals surface area contributed by atoms with Gasteiger partial charge in [0, 0.05) is 0 Å². The molecule has 4 atom stereocenters. The third kappa shape index (κ3) is 1.52. The summed E-state index contributed by atoms with van der Waals surface area (Å²) in [5, 5.41) is 9.26. The van der Waals surface area contributed by atoms with Gasteiger partial charge in [0.25, 0.3) is 5.09 Å². The monoisotopic (exact) mass is 206 g/mol. The molecule has 0 saturated carbocycles. The molecule has 0 spiro atoms. The van der Waals surface area contributed by atoms with Gasteiger partial charge < -0.3 is 14.3 Å². The third-order valence-electron chi connectivity index (χ3n) is 2.36. The van der Waals surface area contributed by atoms with Crippen molar-refractivity contribution in [2.75, 3.05) is 13.2 Å².